The molecule has 3 N–H and O–H groups in total. The minimum absolute atomic E-state index is 0.140. The second kappa shape index (κ2) is 5.46. The summed E-state index contributed by atoms with van der Waals surface area (Å²) >= 11 is 0. The molecule has 0 radical (unpaired) electrons. The molecule has 1 aliphatic heterocycles. The summed E-state index contributed by atoms with van der Waals surface area (Å²) in [4.78, 5) is 0. The van der Waals surface area contributed by atoms with Crippen molar-refractivity contribution >= 4 is 0 Å². The van der Waals surface area contributed by atoms with Gasteiger partial charge in [0.05, 0.1) is 0 Å². The number of aromatic hydroxyl groups is 1. The van der Waals surface area contributed by atoms with Gasteiger partial charge in [-0.1, -0.05) is 6.92 Å². The smallest absolute Gasteiger partial charge is 0.231 e. The summed E-state index contributed by atoms with van der Waals surface area (Å²) in [6.07, 6.45) is 0. The Kier molecular flexibility index (Phi) is 3.93. The third-order valence-corrected chi connectivity index (χ3v) is 3.33. The highest BCUT2D eigenvalue weighted by Crippen LogP contribution is 2.37. The van der Waals surface area contributed by atoms with E-state index in [2.05, 4.69) is 5.32 Å². The fourth-order valence-electron chi connectivity index (χ4n) is 1.75. The average Bonchev–Trinajstić information content (AvgIpc) is 2.81. The fraction of sp³-hybridized carbons (Fsp3) is 0.538. The van der Waals surface area contributed by atoms with Gasteiger partial charge in [-0.25, -0.2) is 0 Å². The van der Waals surface area contributed by atoms with Crippen molar-refractivity contribution in [2.24, 2.45) is 5.92 Å². The van der Waals surface area contributed by atoms with Crippen LogP contribution in [-0.4, -0.2) is 29.7 Å². The van der Waals surface area contributed by atoms with Crippen LogP contribution in [0.2, 0.25) is 0 Å². The molecule has 0 aliphatic carbocycles. The van der Waals surface area contributed by atoms with Gasteiger partial charge in [0.25, 0.3) is 0 Å². The first-order chi connectivity index (χ1) is 8.61. The summed E-state index contributed by atoms with van der Waals surface area (Å²) in [5, 5.41) is 22.2. The molecule has 0 fully saturated rings. The average molecular weight is 253 g/mol. The Morgan fingerprint density at radius 3 is 2.61 bits per heavy atom. The topological polar surface area (TPSA) is 71.0 Å². The van der Waals surface area contributed by atoms with Crippen molar-refractivity contribution in [3.63, 3.8) is 0 Å². The lowest BCUT2D eigenvalue weighted by molar-refractivity contribution is 0.174. The largest absolute Gasteiger partial charge is 0.507 e. The lowest BCUT2D eigenvalue weighted by Gasteiger charge is -2.19. The molecule has 0 spiro atoms. The number of hydrogen-bond acceptors (Lipinski definition) is 5. The maximum absolute atomic E-state index is 9.86. The van der Waals surface area contributed by atoms with Gasteiger partial charge in [0.1, 0.15) is 5.75 Å². The number of rotatable bonds is 5. The molecular weight excluding hydrogens is 234 g/mol. The van der Waals surface area contributed by atoms with Gasteiger partial charge in [-0.05, 0) is 18.9 Å². The maximum Gasteiger partial charge on any atom is 0.231 e. The summed E-state index contributed by atoms with van der Waals surface area (Å²) < 4.78 is 10.4. The van der Waals surface area contributed by atoms with Crippen molar-refractivity contribution in [2.45, 2.75) is 26.4 Å². The quantitative estimate of drug-likeness (QED) is 0.736. The molecule has 1 aromatic rings. The zero-order valence-corrected chi connectivity index (χ0v) is 10.6. The fourth-order valence-corrected chi connectivity index (χ4v) is 1.75. The van der Waals surface area contributed by atoms with Gasteiger partial charge < -0.3 is 25.0 Å². The number of ether oxygens (including phenoxy) is 2. The van der Waals surface area contributed by atoms with Gasteiger partial charge in [0, 0.05) is 30.8 Å². The van der Waals surface area contributed by atoms with Gasteiger partial charge in [0.2, 0.25) is 6.79 Å². The summed E-state index contributed by atoms with van der Waals surface area (Å²) in [5.41, 5.74) is 0.760. The molecule has 5 nitrogen and oxygen atoms in total. The Labute approximate surface area is 106 Å². The Bertz CT molecular complexity index is 422. The van der Waals surface area contributed by atoms with E-state index in [0.717, 1.165) is 5.56 Å². The highest BCUT2D eigenvalue weighted by atomic mass is 16.7. The molecular formula is C13H19NO4. The molecule has 0 amide bonds. The third kappa shape index (κ3) is 2.68. The molecule has 2 rings (SSSR count). The summed E-state index contributed by atoms with van der Waals surface area (Å²) in [7, 11) is 0. The number of benzene rings is 1. The minimum Gasteiger partial charge on any atom is -0.507 e. The van der Waals surface area contributed by atoms with Crippen LogP contribution in [0.4, 0.5) is 0 Å². The number of phenolic OH excluding ortho intramolecular Hbond substituents is 1. The number of phenols is 1. The van der Waals surface area contributed by atoms with Crippen molar-refractivity contribution in [2.75, 3.05) is 13.4 Å². The summed E-state index contributed by atoms with van der Waals surface area (Å²) in [5.74, 6) is 1.59. The van der Waals surface area contributed by atoms with Gasteiger partial charge in [-0.15, -0.1) is 0 Å². The van der Waals surface area contributed by atoms with Gasteiger partial charge in [-0.2, -0.15) is 0 Å². The zero-order valence-electron chi connectivity index (χ0n) is 10.6. The highest BCUT2D eigenvalue weighted by Gasteiger charge is 2.18. The Balaban J connectivity index is 2.01. The van der Waals surface area contributed by atoms with Crippen LogP contribution in [0.3, 0.4) is 0 Å². The molecule has 1 aromatic carbocycles. The van der Waals surface area contributed by atoms with Crippen molar-refractivity contribution in [1.82, 2.24) is 5.32 Å². The van der Waals surface area contributed by atoms with Crippen LogP contribution in [0.25, 0.3) is 0 Å². The zero-order chi connectivity index (χ0) is 13.1. The predicted molar refractivity (Wildman–Crippen MR) is 66.8 cm³/mol. The lowest BCUT2D eigenvalue weighted by Crippen LogP contribution is -2.33. The number of nitrogens with one attached hydrogen (secondary N) is 1. The summed E-state index contributed by atoms with van der Waals surface area (Å²) in [6, 6.07) is 3.51. The first-order valence-corrected chi connectivity index (χ1v) is 6.07. The summed E-state index contributed by atoms with van der Waals surface area (Å²) in [6.45, 7) is 4.83. The maximum atomic E-state index is 9.86. The molecule has 2 unspecified atom stereocenters. The highest BCUT2D eigenvalue weighted by molar-refractivity contribution is 5.51. The van der Waals surface area contributed by atoms with Crippen LogP contribution < -0.4 is 14.8 Å². The van der Waals surface area contributed by atoms with Crippen molar-refractivity contribution in [1.29, 1.82) is 0 Å². The normalized spacial score (nSPS) is 16.6. The number of hydrogen-bond donors (Lipinski definition) is 3. The first kappa shape index (κ1) is 13.0. The van der Waals surface area contributed by atoms with Gasteiger partial charge in [-0.3, -0.25) is 0 Å². The van der Waals surface area contributed by atoms with E-state index in [1.54, 1.807) is 12.1 Å². The Morgan fingerprint density at radius 1 is 1.28 bits per heavy atom. The van der Waals surface area contributed by atoms with Crippen molar-refractivity contribution in [3.05, 3.63) is 17.7 Å². The Morgan fingerprint density at radius 2 is 1.94 bits per heavy atom. The van der Waals surface area contributed by atoms with E-state index in [0.29, 0.717) is 18.0 Å². The lowest BCUT2D eigenvalue weighted by atomic mass is 10.0. The van der Waals surface area contributed by atoms with Crippen LogP contribution in [-0.2, 0) is 6.54 Å². The molecule has 2 atom stereocenters. The molecule has 1 aliphatic rings. The second-order valence-electron chi connectivity index (χ2n) is 4.66. The molecule has 100 valence electrons. The van der Waals surface area contributed by atoms with Crippen LogP contribution >= 0.6 is 0 Å². The number of fused-ring (bicyclic) bond motifs is 1. The second-order valence-corrected chi connectivity index (χ2v) is 4.66. The minimum atomic E-state index is 0.140. The third-order valence-electron chi connectivity index (χ3n) is 3.33. The SMILES string of the molecule is CC(CO)C(C)NCc1cc2c(cc1O)OCO2. The number of aliphatic hydroxyl groups is 1. The van der Waals surface area contributed by atoms with Crippen LogP contribution in [0.5, 0.6) is 17.2 Å². The molecule has 0 saturated carbocycles. The molecule has 0 aromatic heterocycles. The van der Waals surface area contributed by atoms with Crippen LogP contribution in [0.1, 0.15) is 19.4 Å². The van der Waals surface area contributed by atoms with E-state index < -0.39 is 0 Å². The van der Waals surface area contributed by atoms with Crippen LogP contribution in [0.15, 0.2) is 12.1 Å². The molecule has 0 bridgehead atoms. The Hall–Kier alpha value is -1.46. The monoisotopic (exact) mass is 253 g/mol. The van der Waals surface area contributed by atoms with E-state index in [9.17, 15) is 5.11 Å². The van der Waals surface area contributed by atoms with E-state index in [-0.39, 0.29) is 31.1 Å². The molecule has 5 heteroatoms. The van der Waals surface area contributed by atoms with Crippen LogP contribution in [0, 0.1) is 5.92 Å². The predicted octanol–water partition coefficient (Wildman–Crippen LogP) is 1.23. The van der Waals surface area contributed by atoms with Crippen molar-refractivity contribution in [3.8, 4) is 17.2 Å². The van der Waals surface area contributed by atoms with E-state index >= 15 is 0 Å². The van der Waals surface area contributed by atoms with E-state index in [1.165, 1.54) is 0 Å². The molecule has 0 saturated heterocycles. The van der Waals surface area contributed by atoms with Gasteiger partial charge in [0.15, 0.2) is 11.5 Å². The van der Waals surface area contributed by atoms with E-state index in [4.69, 9.17) is 14.6 Å². The number of aliphatic hydroxyl groups excluding tert-OH is 1. The van der Waals surface area contributed by atoms with E-state index in [1.807, 2.05) is 13.8 Å². The molecule has 18 heavy (non-hydrogen) atoms. The first-order valence-electron chi connectivity index (χ1n) is 6.07. The standard InChI is InChI=1S/C13H19NO4/c1-8(6-15)9(2)14-5-10-3-12-13(4-11(10)16)18-7-17-12/h3-4,8-9,14-16H,5-7H2,1-2H3. The van der Waals surface area contributed by atoms with Crippen molar-refractivity contribution < 1.29 is 19.7 Å². The van der Waals surface area contributed by atoms with Gasteiger partial charge >= 0.3 is 0 Å². The molecule has 1 heterocycles.